The van der Waals surface area contributed by atoms with Gasteiger partial charge in [0.25, 0.3) is 5.91 Å². The van der Waals surface area contributed by atoms with E-state index in [2.05, 4.69) is 4.98 Å². The number of carbonyl (C=O) groups is 3. The predicted octanol–water partition coefficient (Wildman–Crippen LogP) is 6.16. The number of fused-ring (bicyclic) bond motifs is 1. The van der Waals surface area contributed by atoms with Gasteiger partial charge in [0.15, 0.2) is 0 Å². The Balaban J connectivity index is 1.64. The van der Waals surface area contributed by atoms with E-state index < -0.39 is 41.3 Å². The first-order valence-electron chi connectivity index (χ1n) is 13.7. The number of amides is 2. The van der Waals surface area contributed by atoms with E-state index in [9.17, 15) is 32.7 Å². The van der Waals surface area contributed by atoms with Crippen LogP contribution in [0.1, 0.15) is 85.1 Å². The lowest BCUT2D eigenvalue weighted by molar-refractivity contribution is -0.143. The number of nitrogens with zero attached hydrogens (tertiary/aromatic N) is 3. The topological polar surface area (TPSA) is 90.8 Å². The second-order valence-corrected chi connectivity index (χ2v) is 10.9. The molecule has 1 saturated heterocycles. The molecule has 1 fully saturated rings. The van der Waals surface area contributed by atoms with E-state index in [4.69, 9.17) is 11.6 Å². The molecular formula is C29H33ClF3N3O4. The van der Waals surface area contributed by atoms with Crippen LogP contribution in [0.15, 0.2) is 36.5 Å². The number of benzene rings is 1. The van der Waals surface area contributed by atoms with Crippen LogP contribution in [0.4, 0.5) is 13.2 Å². The van der Waals surface area contributed by atoms with Crippen molar-refractivity contribution in [2.24, 2.45) is 5.92 Å². The molecule has 0 spiro atoms. The zero-order valence-corrected chi connectivity index (χ0v) is 23.0. The molecule has 0 radical (unpaired) electrons. The van der Waals surface area contributed by atoms with E-state index in [-0.39, 0.29) is 24.9 Å². The van der Waals surface area contributed by atoms with Gasteiger partial charge < -0.3 is 14.9 Å². The Morgan fingerprint density at radius 1 is 1.12 bits per heavy atom. The fraction of sp³-hybridized carbons (Fsp3) is 0.517. The number of likely N-dealkylation sites (tertiary alicyclic amines) is 1. The maximum Gasteiger partial charge on any atom is 0.418 e. The summed E-state index contributed by atoms with van der Waals surface area (Å²) in [7, 11) is 0. The van der Waals surface area contributed by atoms with Gasteiger partial charge in [-0.3, -0.25) is 19.4 Å². The summed E-state index contributed by atoms with van der Waals surface area (Å²) in [5, 5.41) is 9.76. The van der Waals surface area contributed by atoms with Crippen LogP contribution in [0, 0.1) is 5.92 Å². The van der Waals surface area contributed by atoms with Crippen molar-refractivity contribution >= 4 is 29.4 Å². The molecule has 11 heteroatoms. The minimum atomic E-state index is -4.74. The molecule has 1 aromatic carbocycles. The molecule has 4 rings (SSSR count). The van der Waals surface area contributed by atoms with Gasteiger partial charge in [-0.1, -0.05) is 31.0 Å². The fourth-order valence-corrected chi connectivity index (χ4v) is 6.30. The first-order chi connectivity index (χ1) is 19.0. The molecule has 1 N–H and O–H groups in total. The van der Waals surface area contributed by atoms with E-state index in [0.29, 0.717) is 56.5 Å². The van der Waals surface area contributed by atoms with Crippen molar-refractivity contribution < 1.29 is 32.7 Å². The van der Waals surface area contributed by atoms with Gasteiger partial charge in [-0.15, -0.1) is 0 Å². The zero-order valence-electron chi connectivity index (χ0n) is 22.3. The molecule has 1 unspecified atom stereocenters. The molecule has 2 aliphatic rings. The van der Waals surface area contributed by atoms with E-state index in [1.807, 2.05) is 19.1 Å². The first kappa shape index (κ1) is 29.8. The van der Waals surface area contributed by atoms with Gasteiger partial charge in [0.1, 0.15) is 5.69 Å². The van der Waals surface area contributed by atoms with Gasteiger partial charge in [0.05, 0.1) is 17.5 Å². The monoisotopic (exact) mass is 579 g/mol. The highest BCUT2D eigenvalue weighted by atomic mass is 35.5. The van der Waals surface area contributed by atoms with Gasteiger partial charge >= 0.3 is 12.1 Å². The molecule has 0 bridgehead atoms. The fourth-order valence-electron chi connectivity index (χ4n) is 6.11. The Labute approximate surface area is 236 Å². The Hall–Kier alpha value is -3.14. The van der Waals surface area contributed by atoms with Crippen molar-refractivity contribution in [2.45, 2.75) is 76.6 Å². The van der Waals surface area contributed by atoms with Gasteiger partial charge in [-0.25, -0.2) is 0 Å². The molecule has 3 heterocycles. The summed E-state index contributed by atoms with van der Waals surface area (Å²) in [5.74, 6) is -2.48. The van der Waals surface area contributed by atoms with Crippen molar-refractivity contribution in [1.29, 1.82) is 0 Å². The maximum atomic E-state index is 14.2. The highest BCUT2D eigenvalue weighted by molar-refractivity contribution is 6.30. The van der Waals surface area contributed by atoms with Crippen LogP contribution in [0.25, 0.3) is 0 Å². The number of alkyl halides is 3. The van der Waals surface area contributed by atoms with Crippen LogP contribution >= 0.6 is 11.6 Å². The normalized spacial score (nSPS) is 21.2. The third-order valence-electron chi connectivity index (χ3n) is 7.87. The number of hydrogen-bond acceptors (Lipinski definition) is 4. The maximum absolute atomic E-state index is 14.2. The summed E-state index contributed by atoms with van der Waals surface area (Å²) >= 11 is 6.21. The molecule has 2 aliphatic heterocycles. The third-order valence-corrected chi connectivity index (χ3v) is 8.11. The number of pyridine rings is 1. The second kappa shape index (κ2) is 12.6. The number of carbonyl (C=O) groups excluding carboxylic acids is 2. The molecule has 2 amide bonds. The van der Waals surface area contributed by atoms with Crippen molar-refractivity contribution in [2.75, 3.05) is 13.1 Å². The Morgan fingerprint density at radius 3 is 2.60 bits per heavy atom. The Bertz CT molecular complexity index is 1260. The Morgan fingerprint density at radius 2 is 1.90 bits per heavy atom. The number of rotatable bonds is 8. The molecule has 2 aromatic rings. The minimum absolute atomic E-state index is 0.0305. The van der Waals surface area contributed by atoms with Crippen LogP contribution in [0.3, 0.4) is 0 Å². The first-order valence-corrected chi connectivity index (χ1v) is 14.0. The van der Waals surface area contributed by atoms with Gasteiger partial charge in [0, 0.05) is 36.8 Å². The average molecular weight is 580 g/mol. The van der Waals surface area contributed by atoms with Crippen LogP contribution < -0.4 is 0 Å². The molecule has 0 aliphatic carbocycles. The second-order valence-electron chi connectivity index (χ2n) is 10.4. The van der Waals surface area contributed by atoms with Crippen LogP contribution in [-0.4, -0.2) is 56.8 Å². The summed E-state index contributed by atoms with van der Waals surface area (Å²) in [6.45, 7) is 2.56. The molecule has 1 aromatic heterocycles. The smallest absolute Gasteiger partial charge is 0.418 e. The predicted molar refractivity (Wildman–Crippen MR) is 143 cm³/mol. The number of hydrogen-bond donors (Lipinski definition) is 1. The number of carboxylic acids is 1. The summed E-state index contributed by atoms with van der Waals surface area (Å²) in [6, 6.07) is 6.57. The SMILES string of the molecule is CCC[C@@H]1[C@H](C(=O)N2CCc3cc(Cl)ccc3C2CCCC(=O)O)CCCN1C(=O)c1ncccc1C(F)(F)F. The standard InChI is InChI=1S/C29H33ClF3N3O4/c1-2-6-23-21(7-5-15-35(23)28(40)26-22(29(31,32)33)8-4-14-34-26)27(39)36-16-13-18-17-19(30)11-12-20(18)24(36)9-3-10-25(37)38/h4,8,11-12,14,17,21,23-24H,2-3,5-7,9-10,13,15-16H2,1H3,(H,37,38)/t21-,23-,24?/m1/s1. The molecule has 3 atom stereocenters. The summed E-state index contributed by atoms with van der Waals surface area (Å²) in [4.78, 5) is 45.9. The molecule has 40 heavy (non-hydrogen) atoms. The molecule has 0 saturated carbocycles. The highest BCUT2D eigenvalue weighted by Gasteiger charge is 2.44. The number of piperidine rings is 1. The van der Waals surface area contributed by atoms with Crippen molar-refractivity contribution in [3.63, 3.8) is 0 Å². The lowest BCUT2D eigenvalue weighted by Gasteiger charge is -2.45. The van der Waals surface area contributed by atoms with E-state index in [1.165, 1.54) is 11.1 Å². The highest BCUT2D eigenvalue weighted by Crippen LogP contribution is 2.39. The van der Waals surface area contributed by atoms with Gasteiger partial charge in [-0.05, 0) is 73.9 Å². The third kappa shape index (κ3) is 6.43. The average Bonchev–Trinajstić information content (AvgIpc) is 2.92. The zero-order chi connectivity index (χ0) is 29.0. The van der Waals surface area contributed by atoms with Gasteiger partial charge in [0.2, 0.25) is 5.91 Å². The summed E-state index contributed by atoms with van der Waals surface area (Å²) in [5.41, 5.74) is 0.193. The lowest BCUT2D eigenvalue weighted by atomic mass is 9.82. The lowest BCUT2D eigenvalue weighted by Crippen LogP contribution is -2.55. The quantitative estimate of drug-likeness (QED) is 0.405. The van der Waals surface area contributed by atoms with Crippen molar-refractivity contribution in [3.05, 3.63) is 63.9 Å². The number of halogens is 4. The molecule has 7 nitrogen and oxygen atoms in total. The largest absolute Gasteiger partial charge is 0.481 e. The molecule has 216 valence electrons. The van der Waals surface area contributed by atoms with Crippen molar-refractivity contribution in [3.8, 4) is 0 Å². The molecular weight excluding hydrogens is 547 g/mol. The summed E-state index contributed by atoms with van der Waals surface area (Å²) < 4.78 is 41.1. The van der Waals surface area contributed by atoms with Crippen molar-refractivity contribution in [1.82, 2.24) is 14.8 Å². The Kier molecular flexibility index (Phi) is 9.38. The number of aliphatic carboxylic acids is 1. The van der Waals surface area contributed by atoms with Crippen LogP contribution in [0.2, 0.25) is 5.02 Å². The van der Waals surface area contributed by atoms with Crippen LogP contribution in [-0.2, 0) is 22.2 Å². The van der Waals surface area contributed by atoms with E-state index in [1.54, 1.807) is 11.0 Å². The number of aromatic nitrogens is 1. The minimum Gasteiger partial charge on any atom is -0.481 e. The van der Waals surface area contributed by atoms with E-state index >= 15 is 0 Å². The summed E-state index contributed by atoms with van der Waals surface area (Å²) in [6.07, 6.45) is -0.127. The van der Waals surface area contributed by atoms with E-state index in [0.717, 1.165) is 23.3 Å². The number of carboxylic acid groups (broad SMARTS) is 1. The van der Waals surface area contributed by atoms with Gasteiger partial charge in [-0.2, -0.15) is 13.2 Å². The van der Waals surface area contributed by atoms with Crippen LogP contribution in [0.5, 0.6) is 0 Å².